The molecule has 4 heteroatoms. The molecular formula is C21H40N2OS. The van der Waals surface area contributed by atoms with Crippen molar-refractivity contribution in [3.8, 4) is 0 Å². The summed E-state index contributed by atoms with van der Waals surface area (Å²) in [6.07, 6.45) is 8.80. The average Bonchev–Trinajstić information content (AvgIpc) is 2.54. The summed E-state index contributed by atoms with van der Waals surface area (Å²) in [5.41, 5.74) is 0.671. The molecule has 1 aliphatic carbocycles. The summed E-state index contributed by atoms with van der Waals surface area (Å²) in [6, 6.07) is 0.567. The molecule has 2 fully saturated rings. The molecule has 0 aromatic heterocycles. The van der Waals surface area contributed by atoms with Gasteiger partial charge in [-0.1, -0.05) is 27.7 Å². The molecule has 1 amide bonds. The van der Waals surface area contributed by atoms with Crippen LogP contribution in [0.2, 0.25) is 0 Å². The number of carbonyl (C=O) groups is 1. The van der Waals surface area contributed by atoms with Gasteiger partial charge in [0.1, 0.15) is 0 Å². The quantitative estimate of drug-likeness (QED) is 0.716. The predicted octanol–water partition coefficient (Wildman–Crippen LogP) is 4.91. The van der Waals surface area contributed by atoms with E-state index in [1.165, 1.54) is 0 Å². The van der Waals surface area contributed by atoms with Gasteiger partial charge in [-0.3, -0.25) is 4.79 Å². The van der Waals surface area contributed by atoms with E-state index >= 15 is 0 Å². The van der Waals surface area contributed by atoms with Crippen molar-refractivity contribution in [3.63, 3.8) is 0 Å². The Hall–Kier alpha value is -0.220. The Kier molecular flexibility index (Phi) is 6.58. The van der Waals surface area contributed by atoms with E-state index in [-0.39, 0.29) is 10.8 Å². The van der Waals surface area contributed by atoms with Crippen molar-refractivity contribution in [1.82, 2.24) is 10.2 Å². The number of carbonyl (C=O) groups excluding carboxylic acids is 1. The van der Waals surface area contributed by atoms with E-state index in [4.69, 9.17) is 0 Å². The second-order valence-corrected chi connectivity index (χ2v) is 11.5. The Labute approximate surface area is 160 Å². The molecule has 0 spiro atoms. The highest BCUT2D eigenvalue weighted by Gasteiger charge is 2.41. The first kappa shape index (κ1) is 21.1. The SMILES string of the molecule is CSC(C)(C)N[C@H]1CC[C@H](C(=O)N2CCC(C)(C(C)(C)C)CC2)CC1. The Morgan fingerprint density at radius 1 is 1.04 bits per heavy atom. The Balaban J connectivity index is 1.82. The standard InChI is InChI=1S/C21H40N2OS/c1-19(2,3)21(6)12-14-23(15-13-21)18(24)16-8-10-17(11-9-16)22-20(4,5)25-7/h16-17,22H,8-15H2,1-7H3/t16-,17-. The Morgan fingerprint density at radius 2 is 1.56 bits per heavy atom. The van der Waals surface area contributed by atoms with Gasteiger partial charge in [0.15, 0.2) is 0 Å². The molecule has 1 heterocycles. The molecule has 0 atom stereocenters. The second kappa shape index (κ2) is 7.80. The van der Waals surface area contributed by atoms with Crippen LogP contribution in [-0.4, -0.2) is 41.1 Å². The lowest BCUT2D eigenvalue weighted by Gasteiger charge is -2.48. The van der Waals surface area contributed by atoms with Gasteiger partial charge in [0.2, 0.25) is 5.91 Å². The van der Waals surface area contributed by atoms with Gasteiger partial charge < -0.3 is 10.2 Å². The molecule has 0 bridgehead atoms. The number of piperidine rings is 1. The van der Waals surface area contributed by atoms with E-state index in [1.807, 2.05) is 11.8 Å². The summed E-state index contributed by atoms with van der Waals surface area (Å²) in [5, 5.41) is 3.75. The largest absolute Gasteiger partial charge is 0.342 e. The summed E-state index contributed by atoms with van der Waals surface area (Å²) >= 11 is 1.87. The first-order chi connectivity index (χ1) is 11.5. The molecule has 1 N–H and O–H groups in total. The third-order valence-corrected chi connectivity index (χ3v) is 8.27. The van der Waals surface area contributed by atoms with Gasteiger partial charge in [-0.25, -0.2) is 0 Å². The zero-order valence-electron chi connectivity index (χ0n) is 17.6. The number of thioether (sulfide) groups is 1. The van der Waals surface area contributed by atoms with Crippen molar-refractivity contribution in [2.45, 2.75) is 91.0 Å². The molecule has 0 unspecified atom stereocenters. The number of hydrogen-bond acceptors (Lipinski definition) is 3. The van der Waals surface area contributed by atoms with Gasteiger partial charge in [0, 0.05) is 25.0 Å². The normalized spacial score (nSPS) is 28.0. The number of likely N-dealkylation sites (tertiary alicyclic amines) is 1. The zero-order chi connectivity index (χ0) is 18.9. The Bertz CT molecular complexity index is 453. The summed E-state index contributed by atoms with van der Waals surface area (Å²) in [5.74, 6) is 0.688. The predicted molar refractivity (Wildman–Crippen MR) is 110 cm³/mol. The lowest BCUT2D eigenvalue weighted by atomic mass is 9.63. The van der Waals surface area contributed by atoms with Crippen molar-refractivity contribution in [1.29, 1.82) is 0 Å². The number of hydrogen-bond donors (Lipinski definition) is 1. The number of nitrogens with zero attached hydrogens (tertiary/aromatic N) is 1. The van der Waals surface area contributed by atoms with Crippen molar-refractivity contribution in [2.24, 2.45) is 16.7 Å². The van der Waals surface area contributed by atoms with Crippen LogP contribution in [0.25, 0.3) is 0 Å². The van der Waals surface area contributed by atoms with E-state index in [9.17, 15) is 4.79 Å². The van der Waals surface area contributed by atoms with Crippen LogP contribution in [-0.2, 0) is 4.79 Å². The average molecular weight is 369 g/mol. The molecule has 146 valence electrons. The number of nitrogens with one attached hydrogen (secondary N) is 1. The zero-order valence-corrected chi connectivity index (χ0v) is 18.4. The van der Waals surface area contributed by atoms with Crippen molar-refractivity contribution in [3.05, 3.63) is 0 Å². The maximum absolute atomic E-state index is 13.0. The first-order valence-corrected chi connectivity index (χ1v) is 11.3. The van der Waals surface area contributed by atoms with Gasteiger partial charge >= 0.3 is 0 Å². The summed E-state index contributed by atoms with van der Waals surface area (Å²) in [6.45, 7) is 15.8. The Morgan fingerprint density at radius 3 is 2.00 bits per heavy atom. The maximum atomic E-state index is 13.0. The first-order valence-electron chi connectivity index (χ1n) is 10.1. The van der Waals surface area contributed by atoms with Gasteiger partial charge in [-0.15, -0.1) is 11.8 Å². The molecule has 3 nitrogen and oxygen atoms in total. The third-order valence-electron chi connectivity index (χ3n) is 7.13. The minimum absolute atomic E-state index is 0.131. The van der Waals surface area contributed by atoms with Crippen LogP contribution in [0.3, 0.4) is 0 Å². The molecular weight excluding hydrogens is 328 g/mol. The number of amides is 1. The molecule has 25 heavy (non-hydrogen) atoms. The number of rotatable bonds is 4. The molecule has 2 rings (SSSR count). The highest BCUT2D eigenvalue weighted by molar-refractivity contribution is 7.99. The maximum Gasteiger partial charge on any atom is 0.225 e. The van der Waals surface area contributed by atoms with Crippen LogP contribution >= 0.6 is 11.8 Å². The lowest BCUT2D eigenvalue weighted by Crippen LogP contribution is -2.50. The van der Waals surface area contributed by atoms with Gasteiger partial charge in [-0.05, 0) is 69.5 Å². The van der Waals surface area contributed by atoms with E-state index in [1.54, 1.807) is 0 Å². The summed E-state index contributed by atoms with van der Waals surface area (Å²) < 4.78 is 0. The molecule has 1 saturated carbocycles. The minimum atomic E-state index is 0.131. The molecule has 0 aromatic carbocycles. The topological polar surface area (TPSA) is 32.3 Å². The van der Waals surface area contributed by atoms with Gasteiger partial charge in [0.05, 0.1) is 4.87 Å². The van der Waals surface area contributed by atoms with Gasteiger partial charge in [0.25, 0.3) is 0 Å². The van der Waals surface area contributed by atoms with Crippen LogP contribution in [0.15, 0.2) is 0 Å². The highest BCUT2D eigenvalue weighted by atomic mass is 32.2. The molecule has 1 aliphatic heterocycles. The van der Waals surface area contributed by atoms with E-state index < -0.39 is 0 Å². The fraction of sp³-hybridized carbons (Fsp3) is 0.952. The molecule has 2 aliphatic rings. The minimum Gasteiger partial charge on any atom is -0.342 e. The fourth-order valence-electron chi connectivity index (χ4n) is 4.26. The van der Waals surface area contributed by atoms with E-state index in [0.29, 0.717) is 22.8 Å². The molecule has 1 saturated heterocycles. The van der Waals surface area contributed by atoms with E-state index in [0.717, 1.165) is 51.6 Å². The van der Waals surface area contributed by atoms with Crippen LogP contribution in [0.1, 0.15) is 80.1 Å². The van der Waals surface area contributed by atoms with Crippen LogP contribution in [0.4, 0.5) is 0 Å². The smallest absolute Gasteiger partial charge is 0.225 e. The highest BCUT2D eigenvalue weighted by Crippen LogP contribution is 2.46. The van der Waals surface area contributed by atoms with E-state index in [2.05, 4.69) is 58.0 Å². The molecule has 0 radical (unpaired) electrons. The van der Waals surface area contributed by atoms with Crippen LogP contribution < -0.4 is 5.32 Å². The third kappa shape index (κ3) is 5.15. The second-order valence-electron chi connectivity index (χ2n) is 10.0. The van der Waals surface area contributed by atoms with Gasteiger partial charge in [-0.2, -0.15) is 0 Å². The van der Waals surface area contributed by atoms with Crippen molar-refractivity contribution < 1.29 is 4.79 Å². The van der Waals surface area contributed by atoms with Crippen LogP contribution in [0.5, 0.6) is 0 Å². The van der Waals surface area contributed by atoms with Crippen molar-refractivity contribution >= 4 is 17.7 Å². The fourth-order valence-corrected chi connectivity index (χ4v) is 4.55. The van der Waals surface area contributed by atoms with Crippen LogP contribution in [0, 0.1) is 16.7 Å². The van der Waals surface area contributed by atoms with Crippen molar-refractivity contribution in [2.75, 3.05) is 19.3 Å². The summed E-state index contributed by atoms with van der Waals surface area (Å²) in [4.78, 5) is 15.3. The monoisotopic (exact) mass is 368 g/mol. The lowest BCUT2D eigenvalue weighted by molar-refractivity contribution is -0.140. The molecule has 0 aromatic rings. The summed E-state index contributed by atoms with van der Waals surface area (Å²) in [7, 11) is 0.